The van der Waals surface area contributed by atoms with Crippen LogP contribution in [0.4, 0.5) is 0 Å². The van der Waals surface area contributed by atoms with Crippen molar-refractivity contribution in [2.75, 3.05) is 0 Å². The molecule has 1 atom stereocenters. The van der Waals surface area contributed by atoms with Gasteiger partial charge in [0.15, 0.2) is 11.6 Å². The zero-order chi connectivity index (χ0) is 17.4. The van der Waals surface area contributed by atoms with Gasteiger partial charge in [-0.05, 0) is 36.8 Å². The summed E-state index contributed by atoms with van der Waals surface area (Å²) in [6, 6.07) is 16.3. The van der Waals surface area contributed by atoms with Gasteiger partial charge < -0.3 is 10.0 Å². The Kier molecular flexibility index (Phi) is 3.72. The van der Waals surface area contributed by atoms with Crippen LogP contribution in [0, 0.1) is 0 Å². The molecule has 25 heavy (non-hydrogen) atoms. The summed E-state index contributed by atoms with van der Waals surface area (Å²) in [5.74, 6) is 1.66. The lowest BCUT2D eigenvalue weighted by atomic mass is 10.1. The van der Waals surface area contributed by atoms with E-state index < -0.39 is 0 Å². The first-order valence-electron chi connectivity index (χ1n) is 8.19. The van der Waals surface area contributed by atoms with Crippen molar-refractivity contribution in [2.45, 2.75) is 26.1 Å². The molecule has 0 aliphatic carbocycles. The normalized spacial score (nSPS) is 16.8. The van der Waals surface area contributed by atoms with Crippen LogP contribution in [-0.2, 0) is 17.9 Å². The van der Waals surface area contributed by atoms with Gasteiger partial charge in [-0.2, -0.15) is 0 Å². The molecular formula is C19H18N4O2. The molecule has 6 nitrogen and oxygen atoms in total. The van der Waals surface area contributed by atoms with Gasteiger partial charge in [-0.15, -0.1) is 10.2 Å². The molecule has 0 fully saturated rings. The van der Waals surface area contributed by atoms with E-state index in [1.54, 1.807) is 24.3 Å². The molecule has 0 spiro atoms. The minimum absolute atomic E-state index is 0.0520. The van der Waals surface area contributed by atoms with Gasteiger partial charge in [-0.3, -0.25) is 9.36 Å². The molecule has 6 heteroatoms. The van der Waals surface area contributed by atoms with Gasteiger partial charge >= 0.3 is 0 Å². The second-order valence-electron chi connectivity index (χ2n) is 6.21. The molecular weight excluding hydrogens is 316 g/mol. The van der Waals surface area contributed by atoms with E-state index in [9.17, 15) is 9.90 Å². The summed E-state index contributed by atoms with van der Waals surface area (Å²) < 4.78 is 1.89. The van der Waals surface area contributed by atoms with Gasteiger partial charge in [-0.1, -0.05) is 30.3 Å². The summed E-state index contributed by atoms with van der Waals surface area (Å²) >= 11 is 0. The predicted molar refractivity (Wildman–Crippen MR) is 92.5 cm³/mol. The summed E-state index contributed by atoms with van der Waals surface area (Å²) in [6.07, 6.45) is 0. The van der Waals surface area contributed by atoms with Gasteiger partial charge in [-0.25, -0.2) is 0 Å². The highest BCUT2D eigenvalue weighted by Gasteiger charge is 2.33. The SMILES string of the molecule is C[C@@H]1C(=O)N(Cc2ccccc2)Cc2nnc(-c3ccc(O)cc3)n21. The number of phenols is 1. The van der Waals surface area contributed by atoms with Crippen molar-refractivity contribution in [1.29, 1.82) is 0 Å². The fourth-order valence-electron chi connectivity index (χ4n) is 3.21. The van der Waals surface area contributed by atoms with Crippen LogP contribution in [0.15, 0.2) is 54.6 Å². The molecule has 1 aliphatic heterocycles. The smallest absolute Gasteiger partial charge is 0.246 e. The Hall–Kier alpha value is -3.15. The van der Waals surface area contributed by atoms with E-state index in [0.29, 0.717) is 18.9 Å². The van der Waals surface area contributed by atoms with Crippen molar-refractivity contribution < 1.29 is 9.90 Å². The lowest BCUT2D eigenvalue weighted by molar-refractivity contribution is -0.137. The predicted octanol–water partition coefficient (Wildman–Crippen LogP) is 2.75. The summed E-state index contributed by atoms with van der Waals surface area (Å²) in [6.45, 7) is 2.87. The average Bonchev–Trinajstić information content (AvgIpc) is 3.05. The number of hydrogen-bond donors (Lipinski definition) is 1. The van der Waals surface area contributed by atoms with E-state index in [4.69, 9.17) is 0 Å². The third-order valence-electron chi connectivity index (χ3n) is 4.50. The van der Waals surface area contributed by atoms with E-state index in [1.165, 1.54) is 0 Å². The van der Waals surface area contributed by atoms with E-state index in [2.05, 4.69) is 10.2 Å². The summed E-state index contributed by atoms with van der Waals surface area (Å²) in [5, 5.41) is 18.0. The molecule has 0 saturated carbocycles. The molecule has 0 unspecified atom stereocenters. The van der Waals surface area contributed by atoms with Gasteiger partial charge in [0.25, 0.3) is 0 Å². The highest BCUT2D eigenvalue weighted by atomic mass is 16.3. The van der Waals surface area contributed by atoms with Crippen LogP contribution in [0.2, 0.25) is 0 Å². The molecule has 0 radical (unpaired) electrons. The number of benzene rings is 2. The van der Waals surface area contributed by atoms with E-state index in [-0.39, 0.29) is 17.7 Å². The van der Waals surface area contributed by atoms with Crippen molar-refractivity contribution in [3.63, 3.8) is 0 Å². The van der Waals surface area contributed by atoms with Crippen LogP contribution in [-0.4, -0.2) is 30.7 Å². The van der Waals surface area contributed by atoms with Gasteiger partial charge in [0, 0.05) is 12.1 Å². The quantitative estimate of drug-likeness (QED) is 0.799. The summed E-state index contributed by atoms with van der Waals surface area (Å²) in [7, 11) is 0. The highest BCUT2D eigenvalue weighted by Crippen LogP contribution is 2.29. The number of amides is 1. The second kappa shape index (κ2) is 6.05. The molecule has 1 aromatic heterocycles. The number of carbonyl (C=O) groups excluding carboxylic acids is 1. The van der Waals surface area contributed by atoms with E-state index >= 15 is 0 Å². The van der Waals surface area contributed by atoms with Crippen molar-refractivity contribution >= 4 is 5.91 Å². The third kappa shape index (κ3) is 2.76. The van der Waals surface area contributed by atoms with Crippen LogP contribution in [0.5, 0.6) is 5.75 Å². The fraction of sp³-hybridized carbons (Fsp3) is 0.211. The van der Waals surface area contributed by atoms with Crippen LogP contribution in [0.1, 0.15) is 24.4 Å². The molecule has 2 heterocycles. The number of aromatic nitrogens is 3. The largest absolute Gasteiger partial charge is 0.508 e. The maximum atomic E-state index is 12.8. The first kappa shape index (κ1) is 15.4. The molecule has 126 valence electrons. The third-order valence-corrected chi connectivity index (χ3v) is 4.50. The maximum Gasteiger partial charge on any atom is 0.246 e. The topological polar surface area (TPSA) is 71.2 Å². The zero-order valence-corrected chi connectivity index (χ0v) is 13.8. The lowest BCUT2D eigenvalue weighted by Gasteiger charge is -2.32. The minimum atomic E-state index is -0.369. The molecule has 1 amide bonds. The second-order valence-corrected chi connectivity index (χ2v) is 6.21. The average molecular weight is 334 g/mol. The molecule has 2 aromatic carbocycles. The number of aromatic hydroxyl groups is 1. The number of nitrogens with zero attached hydrogens (tertiary/aromatic N) is 4. The van der Waals surface area contributed by atoms with Crippen LogP contribution in [0.3, 0.4) is 0 Å². The number of rotatable bonds is 3. The van der Waals surface area contributed by atoms with Crippen LogP contribution >= 0.6 is 0 Å². The molecule has 0 saturated heterocycles. The van der Waals surface area contributed by atoms with Gasteiger partial charge in [0.05, 0.1) is 6.54 Å². The fourth-order valence-corrected chi connectivity index (χ4v) is 3.21. The Bertz CT molecular complexity index is 903. The van der Waals surface area contributed by atoms with Gasteiger partial charge in [0.2, 0.25) is 5.91 Å². The zero-order valence-electron chi connectivity index (χ0n) is 13.8. The molecule has 0 bridgehead atoms. The molecule has 1 N–H and O–H groups in total. The summed E-state index contributed by atoms with van der Waals surface area (Å²) in [4.78, 5) is 14.6. The Labute approximate surface area is 145 Å². The van der Waals surface area contributed by atoms with Crippen LogP contribution < -0.4 is 0 Å². The molecule has 3 aromatic rings. The standard InChI is InChI=1S/C19H18N4O2/c1-13-19(25)22(11-14-5-3-2-4-6-14)12-17-20-21-18(23(13)17)15-7-9-16(24)10-8-15/h2-10,13,24H,11-12H2,1H3/t13-/m1/s1. The highest BCUT2D eigenvalue weighted by molar-refractivity contribution is 5.82. The lowest BCUT2D eigenvalue weighted by Crippen LogP contribution is -2.41. The Morgan fingerprint density at radius 1 is 1.08 bits per heavy atom. The number of hydrogen-bond acceptors (Lipinski definition) is 4. The Balaban J connectivity index is 1.66. The Morgan fingerprint density at radius 2 is 1.80 bits per heavy atom. The number of carbonyl (C=O) groups is 1. The summed E-state index contributed by atoms with van der Waals surface area (Å²) in [5.41, 5.74) is 1.92. The van der Waals surface area contributed by atoms with Gasteiger partial charge in [0.1, 0.15) is 11.8 Å². The van der Waals surface area contributed by atoms with E-state index in [0.717, 1.165) is 17.0 Å². The monoisotopic (exact) mass is 334 g/mol. The minimum Gasteiger partial charge on any atom is -0.508 e. The first-order valence-corrected chi connectivity index (χ1v) is 8.19. The van der Waals surface area contributed by atoms with Crippen LogP contribution in [0.25, 0.3) is 11.4 Å². The van der Waals surface area contributed by atoms with E-state index in [1.807, 2.05) is 46.7 Å². The number of phenolic OH excluding ortho intramolecular Hbond substituents is 1. The first-order chi connectivity index (χ1) is 12.1. The maximum absolute atomic E-state index is 12.8. The van der Waals surface area contributed by atoms with Crippen molar-refractivity contribution in [2.24, 2.45) is 0 Å². The Morgan fingerprint density at radius 3 is 2.52 bits per heavy atom. The van der Waals surface area contributed by atoms with Crippen molar-refractivity contribution in [3.05, 3.63) is 66.0 Å². The molecule has 1 aliphatic rings. The van der Waals surface area contributed by atoms with Crippen molar-refractivity contribution in [3.8, 4) is 17.1 Å². The number of fused-ring (bicyclic) bond motifs is 1. The molecule has 4 rings (SSSR count). The van der Waals surface area contributed by atoms with Crippen molar-refractivity contribution in [1.82, 2.24) is 19.7 Å².